The van der Waals surface area contributed by atoms with E-state index < -0.39 is 0 Å². The van der Waals surface area contributed by atoms with Crippen LogP contribution < -0.4 is 0 Å². The summed E-state index contributed by atoms with van der Waals surface area (Å²) < 4.78 is 0. The Bertz CT molecular complexity index is 730. The van der Waals surface area contributed by atoms with E-state index in [1.807, 2.05) is 31.6 Å². The second-order valence-electron chi connectivity index (χ2n) is 5.08. The minimum atomic E-state index is 0.934. The van der Waals surface area contributed by atoms with Crippen LogP contribution in [0, 0.1) is 6.92 Å². The molecule has 20 heavy (non-hydrogen) atoms. The van der Waals surface area contributed by atoms with Gasteiger partial charge in [-0.25, -0.2) is 4.98 Å². The van der Waals surface area contributed by atoms with Crippen molar-refractivity contribution in [1.82, 2.24) is 20.2 Å². The van der Waals surface area contributed by atoms with Gasteiger partial charge in [-0.05, 0) is 37.5 Å². The van der Waals surface area contributed by atoms with E-state index in [2.05, 4.69) is 28.2 Å². The van der Waals surface area contributed by atoms with Gasteiger partial charge in [0.25, 0.3) is 0 Å². The van der Waals surface area contributed by atoms with Crippen molar-refractivity contribution in [3.8, 4) is 11.3 Å². The monoisotopic (exact) mass is 266 g/mol. The standard InChI is InChI=1S/C16H18N4/c1-3-4-5-13-8-12-6-7-17-10-15(12)19-16(13)14-9-18-20-11(14)2/h6-10H,3-5H2,1-2H3,(H,18,20). The van der Waals surface area contributed by atoms with E-state index in [1.54, 1.807) is 0 Å². The molecule has 0 atom stereocenters. The summed E-state index contributed by atoms with van der Waals surface area (Å²) in [6, 6.07) is 4.26. The molecule has 0 unspecified atom stereocenters. The highest BCUT2D eigenvalue weighted by Gasteiger charge is 2.12. The molecule has 0 aromatic carbocycles. The zero-order valence-corrected chi connectivity index (χ0v) is 11.8. The minimum absolute atomic E-state index is 0.934. The third-order valence-electron chi connectivity index (χ3n) is 3.58. The van der Waals surface area contributed by atoms with E-state index in [4.69, 9.17) is 4.98 Å². The molecule has 0 spiro atoms. The van der Waals surface area contributed by atoms with Gasteiger partial charge < -0.3 is 0 Å². The Hall–Kier alpha value is -2.23. The summed E-state index contributed by atoms with van der Waals surface area (Å²) in [7, 11) is 0. The van der Waals surface area contributed by atoms with Crippen LogP contribution in [0.25, 0.3) is 22.2 Å². The molecule has 0 radical (unpaired) electrons. The number of rotatable bonds is 4. The minimum Gasteiger partial charge on any atom is -0.282 e. The van der Waals surface area contributed by atoms with Gasteiger partial charge in [0.15, 0.2) is 0 Å². The lowest BCUT2D eigenvalue weighted by Gasteiger charge is -2.10. The van der Waals surface area contributed by atoms with Gasteiger partial charge in [-0.2, -0.15) is 5.10 Å². The smallest absolute Gasteiger partial charge is 0.0892 e. The Morgan fingerprint density at radius 1 is 1.25 bits per heavy atom. The van der Waals surface area contributed by atoms with Crippen LogP contribution in [0.2, 0.25) is 0 Å². The van der Waals surface area contributed by atoms with E-state index in [0.717, 1.165) is 34.3 Å². The third-order valence-corrected chi connectivity index (χ3v) is 3.58. The number of hydrogen-bond donors (Lipinski definition) is 1. The number of aromatic nitrogens is 4. The van der Waals surface area contributed by atoms with Crippen molar-refractivity contribution in [1.29, 1.82) is 0 Å². The fourth-order valence-electron chi connectivity index (χ4n) is 2.44. The number of aryl methyl sites for hydroxylation is 2. The first-order chi connectivity index (χ1) is 9.79. The molecule has 0 fully saturated rings. The zero-order valence-electron chi connectivity index (χ0n) is 11.8. The molecule has 0 amide bonds. The summed E-state index contributed by atoms with van der Waals surface area (Å²) in [6.07, 6.45) is 8.88. The van der Waals surface area contributed by atoms with Crippen molar-refractivity contribution in [2.45, 2.75) is 33.1 Å². The van der Waals surface area contributed by atoms with Crippen LogP contribution in [-0.2, 0) is 6.42 Å². The van der Waals surface area contributed by atoms with Crippen molar-refractivity contribution in [3.63, 3.8) is 0 Å². The number of hydrogen-bond acceptors (Lipinski definition) is 3. The second-order valence-corrected chi connectivity index (χ2v) is 5.08. The molecule has 3 aromatic rings. The van der Waals surface area contributed by atoms with E-state index in [1.165, 1.54) is 18.4 Å². The first-order valence-corrected chi connectivity index (χ1v) is 7.03. The number of H-pyrrole nitrogens is 1. The van der Waals surface area contributed by atoms with Crippen LogP contribution in [0.3, 0.4) is 0 Å². The Balaban J connectivity index is 2.19. The molecule has 0 bridgehead atoms. The fourth-order valence-corrected chi connectivity index (χ4v) is 2.44. The molecular formula is C16H18N4. The van der Waals surface area contributed by atoms with Gasteiger partial charge in [-0.15, -0.1) is 0 Å². The number of fused-ring (bicyclic) bond motifs is 1. The Labute approximate surface area is 118 Å². The summed E-state index contributed by atoms with van der Waals surface area (Å²) in [5.74, 6) is 0. The maximum absolute atomic E-state index is 4.81. The number of nitrogens with zero attached hydrogens (tertiary/aromatic N) is 3. The van der Waals surface area contributed by atoms with Crippen molar-refractivity contribution in [2.24, 2.45) is 0 Å². The first kappa shape index (κ1) is 12.8. The molecule has 0 aliphatic carbocycles. The Kier molecular flexibility index (Phi) is 3.46. The molecule has 0 aliphatic heterocycles. The molecular weight excluding hydrogens is 248 g/mol. The fraction of sp³-hybridized carbons (Fsp3) is 0.312. The number of nitrogens with one attached hydrogen (secondary N) is 1. The van der Waals surface area contributed by atoms with Gasteiger partial charge in [0.2, 0.25) is 0 Å². The van der Waals surface area contributed by atoms with Crippen LogP contribution in [-0.4, -0.2) is 20.2 Å². The molecule has 0 saturated carbocycles. The van der Waals surface area contributed by atoms with Crippen LogP contribution in [0.4, 0.5) is 0 Å². The zero-order chi connectivity index (χ0) is 13.9. The SMILES string of the molecule is CCCCc1cc2ccncc2nc1-c1cn[nH]c1C. The van der Waals surface area contributed by atoms with E-state index in [0.29, 0.717) is 0 Å². The molecule has 4 heteroatoms. The van der Waals surface area contributed by atoms with Crippen molar-refractivity contribution >= 4 is 10.9 Å². The molecule has 0 aliphatic rings. The average Bonchev–Trinajstić information content (AvgIpc) is 2.90. The van der Waals surface area contributed by atoms with Crippen molar-refractivity contribution < 1.29 is 0 Å². The molecule has 1 N–H and O–H groups in total. The summed E-state index contributed by atoms with van der Waals surface area (Å²) >= 11 is 0. The lowest BCUT2D eigenvalue weighted by molar-refractivity contribution is 0.794. The van der Waals surface area contributed by atoms with E-state index in [-0.39, 0.29) is 0 Å². The quantitative estimate of drug-likeness (QED) is 0.783. The maximum atomic E-state index is 4.81. The van der Waals surface area contributed by atoms with Crippen molar-refractivity contribution in [3.05, 3.63) is 42.0 Å². The Morgan fingerprint density at radius 2 is 2.15 bits per heavy atom. The molecule has 3 aromatic heterocycles. The van der Waals surface area contributed by atoms with Crippen LogP contribution in [0.15, 0.2) is 30.7 Å². The van der Waals surface area contributed by atoms with Crippen LogP contribution in [0.5, 0.6) is 0 Å². The normalized spacial score (nSPS) is 11.1. The average molecular weight is 266 g/mol. The molecule has 3 heterocycles. The lowest BCUT2D eigenvalue weighted by Crippen LogP contribution is -1.96. The van der Waals surface area contributed by atoms with Gasteiger partial charge in [-0.1, -0.05) is 13.3 Å². The Morgan fingerprint density at radius 3 is 2.90 bits per heavy atom. The molecule has 4 nitrogen and oxygen atoms in total. The van der Waals surface area contributed by atoms with Gasteiger partial charge in [0.1, 0.15) is 0 Å². The van der Waals surface area contributed by atoms with Crippen molar-refractivity contribution in [2.75, 3.05) is 0 Å². The largest absolute Gasteiger partial charge is 0.282 e. The van der Waals surface area contributed by atoms with Gasteiger partial charge in [0, 0.05) is 22.8 Å². The van der Waals surface area contributed by atoms with Gasteiger partial charge in [0.05, 0.1) is 23.6 Å². The van der Waals surface area contributed by atoms with Crippen LogP contribution >= 0.6 is 0 Å². The van der Waals surface area contributed by atoms with Gasteiger partial charge >= 0.3 is 0 Å². The summed E-state index contributed by atoms with van der Waals surface area (Å²) in [6.45, 7) is 4.24. The highest BCUT2D eigenvalue weighted by Crippen LogP contribution is 2.27. The number of aromatic amines is 1. The number of unbranched alkanes of at least 4 members (excludes halogenated alkanes) is 1. The van der Waals surface area contributed by atoms with E-state index >= 15 is 0 Å². The summed E-state index contributed by atoms with van der Waals surface area (Å²) in [5.41, 5.74) is 5.39. The molecule has 3 rings (SSSR count). The predicted octanol–water partition coefficient (Wildman–Crippen LogP) is 3.67. The van der Waals surface area contributed by atoms with Crippen LogP contribution in [0.1, 0.15) is 31.0 Å². The maximum Gasteiger partial charge on any atom is 0.0892 e. The lowest BCUT2D eigenvalue weighted by atomic mass is 10.0. The summed E-state index contributed by atoms with van der Waals surface area (Å²) in [5, 5.41) is 8.26. The first-order valence-electron chi connectivity index (χ1n) is 7.03. The second kappa shape index (κ2) is 5.41. The number of pyridine rings is 2. The predicted molar refractivity (Wildman–Crippen MR) is 80.5 cm³/mol. The topological polar surface area (TPSA) is 54.5 Å². The third kappa shape index (κ3) is 2.29. The molecule has 102 valence electrons. The molecule has 0 saturated heterocycles. The van der Waals surface area contributed by atoms with Gasteiger partial charge in [-0.3, -0.25) is 10.1 Å². The van der Waals surface area contributed by atoms with E-state index in [9.17, 15) is 0 Å². The highest BCUT2D eigenvalue weighted by molar-refractivity contribution is 5.82. The summed E-state index contributed by atoms with van der Waals surface area (Å²) in [4.78, 5) is 8.97. The highest BCUT2D eigenvalue weighted by atomic mass is 15.1.